The van der Waals surface area contributed by atoms with E-state index in [2.05, 4.69) is 25.8 Å². The van der Waals surface area contributed by atoms with Gasteiger partial charge in [0.05, 0.1) is 11.9 Å². The highest BCUT2D eigenvalue weighted by Gasteiger charge is 2.28. The second-order valence-electron chi connectivity index (χ2n) is 6.58. The van der Waals surface area contributed by atoms with E-state index in [9.17, 15) is 8.42 Å². The summed E-state index contributed by atoms with van der Waals surface area (Å²) in [6.45, 7) is 1.59. The van der Waals surface area contributed by atoms with E-state index < -0.39 is 10.0 Å². The van der Waals surface area contributed by atoms with Crippen LogP contribution >= 0.6 is 0 Å². The average Bonchev–Trinajstić information content (AvgIpc) is 3.25. The standard InChI is InChI=1S/C15H21N5O2S/c1-23(21,22)18-12-4-7-19(8-5-12)15-14-10-13(11-2-3-11)17-20(14)9-6-16-15/h6,9-12,18H,2-5,7-8H2,1H3. The molecule has 0 bridgehead atoms. The molecule has 1 saturated carbocycles. The highest BCUT2D eigenvalue weighted by Crippen LogP contribution is 2.40. The second kappa shape index (κ2) is 5.45. The number of aromatic nitrogens is 3. The van der Waals surface area contributed by atoms with Gasteiger partial charge in [-0.1, -0.05) is 0 Å². The van der Waals surface area contributed by atoms with Crippen LogP contribution in [-0.2, 0) is 10.0 Å². The fraction of sp³-hybridized carbons (Fsp3) is 0.600. The summed E-state index contributed by atoms with van der Waals surface area (Å²) in [5.41, 5.74) is 2.21. The Kier molecular flexibility index (Phi) is 3.53. The number of anilines is 1. The van der Waals surface area contributed by atoms with Gasteiger partial charge in [-0.3, -0.25) is 0 Å². The molecule has 7 nitrogen and oxygen atoms in total. The maximum absolute atomic E-state index is 11.3. The number of rotatable bonds is 4. The molecule has 4 rings (SSSR count). The van der Waals surface area contributed by atoms with E-state index in [1.165, 1.54) is 19.1 Å². The van der Waals surface area contributed by atoms with Gasteiger partial charge < -0.3 is 4.90 Å². The number of piperidine rings is 1. The van der Waals surface area contributed by atoms with E-state index in [-0.39, 0.29) is 6.04 Å². The number of hydrogen-bond donors (Lipinski definition) is 1. The molecule has 2 aromatic heterocycles. The van der Waals surface area contributed by atoms with Crippen molar-refractivity contribution in [3.8, 4) is 0 Å². The van der Waals surface area contributed by atoms with Crippen LogP contribution in [0.4, 0.5) is 5.82 Å². The van der Waals surface area contributed by atoms with E-state index in [4.69, 9.17) is 0 Å². The van der Waals surface area contributed by atoms with Gasteiger partial charge in [-0.25, -0.2) is 22.6 Å². The van der Waals surface area contributed by atoms with Gasteiger partial charge in [0, 0.05) is 37.4 Å². The minimum absolute atomic E-state index is 0.0212. The zero-order valence-electron chi connectivity index (χ0n) is 13.1. The van der Waals surface area contributed by atoms with Crippen LogP contribution in [0, 0.1) is 0 Å². The number of nitrogens with zero attached hydrogens (tertiary/aromatic N) is 4. The fourth-order valence-electron chi connectivity index (χ4n) is 3.26. The van der Waals surface area contributed by atoms with Gasteiger partial charge in [-0.15, -0.1) is 0 Å². The van der Waals surface area contributed by atoms with Gasteiger partial charge in [0.2, 0.25) is 10.0 Å². The zero-order valence-corrected chi connectivity index (χ0v) is 14.0. The number of nitrogens with one attached hydrogen (secondary N) is 1. The van der Waals surface area contributed by atoms with Crippen molar-refractivity contribution in [2.45, 2.75) is 37.6 Å². The van der Waals surface area contributed by atoms with Crippen molar-refractivity contribution >= 4 is 21.4 Å². The number of fused-ring (bicyclic) bond motifs is 1. The molecule has 2 aromatic rings. The summed E-state index contributed by atoms with van der Waals surface area (Å²) in [7, 11) is -3.14. The summed E-state index contributed by atoms with van der Waals surface area (Å²) < 4.78 is 27.3. The zero-order chi connectivity index (χ0) is 16.0. The van der Waals surface area contributed by atoms with Crippen molar-refractivity contribution in [3.05, 3.63) is 24.2 Å². The van der Waals surface area contributed by atoms with E-state index >= 15 is 0 Å². The average molecular weight is 335 g/mol. The van der Waals surface area contributed by atoms with Crippen molar-refractivity contribution in [2.24, 2.45) is 0 Å². The summed E-state index contributed by atoms with van der Waals surface area (Å²) >= 11 is 0. The largest absolute Gasteiger partial charge is 0.355 e. The van der Waals surface area contributed by atoms with Crippen molar-refractivity contribution < 1.29 is 8.42 Å². The van der Waals surface area contributed by atoms with Crippen molar-refractivity contribution in [1.29, 1.82) is 0 Å². The molecule has 2 aliphatic rings. The normalized spacial score (nSPS) is 20.3. The third kappa shape index (κ3) is 3.18. The minimum atomic E-state index is -3.14. The molecule has 0 spiro atoms. The Labute approximate surface area is 135 Å². The van der Waals surface area contributed by atoms with E-state index in [1.807, 2.05) is 10.7 Å². The van der Waals surface area contributed by atoms with Crippen LogP contribution < -0.4 is 9.62 Å². The molecule has 0 aromatic carbocycles. The van der Waals surface area contributed by atoms with Gasteiger partial charge in [0.25, 0.3) is 0 Å². The van der Waals surface area contributed by atoms with Gasteiger partial charge in [0.15, 0.2) is 5.82 Å². The monoisotopic (exact) mass is 335 g/mol. The molecule has 1 aliphatic heterocycles. The van der Waals surface area contributed by atoms with Crippen LogP contribution in [0.5, 0.6) is 0 Å². The van der Waals surface area contributed by atoms with Gasteiger partial charge in [-0.2, -0.15) is 5.10 Å². The molecular formula is C15H21N5O2S. The molecule has 0 amide bonds. The van der Waals surface area contributed by atoms with E-state index in [0.717, 1.165) is 43.0 Å². The van der Waals surface area contributed by atoms with Crippen molar-refractivity contribution in [3.63, 3.8) is 0 Å². The molecule has 23 heavy (non-hydrogen) atoms. The van der Waals surface area contributed by atoms with Crippen molar-refractivity contribution in [1.82, 2.24) is 19.3 Å². The predicted octanol–water partition coefficient (Wildman–Crippen LogP) is 1.12. The lowest BCUT2D eigenvalue weighted by Crippen LogP contribution is -2.44. The first kappa shape index (κ1) is 14.9. The Hall–Kier alpha value is -1.67. The lowest BCUT2D eigenvalue weighted by molar-refractivity contribution is 0.460. The summed E-state index contributed by atoms with van der Waals surface area (Å²) in [6.07, 6.45) is 8.94. The van der Waals surface area contributed by atoms with Crippen LogP contribution in [0.3, 0.4) is 0 Å². The molecule has 0 atom stereocenters. The molecule has 8 heteroatoms. The molecule has 0 unspecified atom stereocenters. The third-order valence-corrected chi connectivity index (χ3v) is 5.32. The van der Waals surface area contributed by atoms with E-state index in [0.29, 0.717) is 5.92 Å². The highest BCUT2D eigenvalue weighted by atomic mass is 32.2. The maximum atomic E-state index is 11.3. The van der Waals surface area contributed by atoms with Gasteiger partial charge in [-0.05, 0) is 31.7 Å². The summed E-state index contributed by atoms with van der Waals surface area (Å²) in [4.78, 5) is 6.78. The minimum Gasteiger partial charge on any atom is -0.355 e. The van der Waals surface area contributed by atoms with Crippen LogP contribution in [0.15, 0.2) is 18.5 Å². The summed E-state index contributed by atoms with van der Waals surface area (Å²) in [5, 5.41) is 4.65. The molecule has 0 radical (unpaired) electrons. The SMILES string of the molecule is CS(=O)(=O)NC1CCN(c2nccn3nc(C4CC4)cc23)CC1. The first-order valence-electron chi connectivity index (χ1n) is 8.06. The summed E-state index contributed by atoms with van der Waals surface area (Å²) in [6, 6.07) is 2.17. The van der Waals surface area contributed by atoms with Crippen LogP contribution in [-0.4, -0.2) is 48.4 Å². The molecular weight excluding hydrogens is 314 g/mol. The lowest BCUT2D eigenvalue weighted by Gasteiger charge is -2.32. The fourth-order valence-corrected chi connectivity index (χ4v) is 4.10. The highest BCUT2D eigenvalue weighted by molar-refractivity contribution is 7.88. The molecule has 124 valence electrons. The Bertz CT molecular complexity index is 820. The second-order valence-corrected chi connectivity index (χ2v) is 8.36. The van der Waals surface area contributed by atoms with Crippen LogP contribution in [0.2, 0.25) is 0 Å². The van der Waals surface area contributed by atoms with Crippen LogP contribution in [0.25, 0.3) is 5.52 Å². The Morgan fingerprint density at radius 2 is 1.96 bits per heavy atom. The molecule has 3 heterocycles. The Morgan fingerprint density at radius 3 is 2.61 bits per heavy atom. The lowest BCUT2D eigenvalue weighted by atomic mass is 10.1. The molecule has 1 aliphatic carbocycles. The quantitative estimate of drug-likeness (QED) is 0.906. The molecule has 1 saturated heterocycles. The summed E-state index contributed by atoms with van der Waals surface area (Å²) in [5.74, 6) is 1.57. The van der Waals surface area contributed by atoms with Gasteiger partial charge in [0.1, 0.15) is 5.52 Å². The van der Waals surface area contributed by atoms with Crippen molar-refractivity contribution in [2.75, 3.05) is 24.2 Å². The predicted molar refractivity (Wildman–Crippen MR) is 88.2 cm³/mol. The maximum Gasteiger partial charge on any atom is 0.208 e. The first-order chi connectivity index (χ1) is 11.0. The van der Waals surface area contributed by atoms with Crippen LogP contribution in [0.1, 0.15) is 37.3 Å². The number of sulfonamides is 1. The molecule has 1 N–H and O–H groups in total. The van der Waals surface area contributed by atoms with Gasteiger partial charge >= 0.3 is 0 Å². The third-order valence-electron chi connectivity index (χ3n) is 4.56. The topological polar surface area (TPSA) is 79.6 Å². The molecule has 2 fully saturated rings. The van der Waals surface area contributed by atoms with E-state index in [1.54, 1.807) is 6.20 Å². The Balaban J connectivity index is 1.53. The first-order valence-corrected chi connectivity index (χ1v) is 9.95. The smallest absolute Gasteiger partial charge is 0.208 e. The number of hydrogen-bond acceptors (Lipinski definition) is 5. The Morgan fingerprint density at radius 1 is 1.22 bits per heavy atom.